The van der Waals surface area contributed by atoms with Crippen molar-refractivity contribution in [2.45, 2.75) is 12.5 Å². The van der Waals surface area contributed by atoms with Crippen molar-refractivity contribution >= 4 is 17.2 Å². The molecular formula is C19H19N3O3S. The van der Waals surface area contributed by atoms with Crippen molar-refractivity contribution in [1.82, 2.24) is 15.1 Å². The molecule has 134 valence electrons. The fraction of sp³-hybridized carbons (Fsp3) is 0.263. The lowest BCUT2D eigenvalue weighted by Gasteiger charge is -2.27. The molecule has 4 rings (SSSR count). The van der Waals surface area contributed by atoms with Crippen LogP contribution < -0.4 is 14.8 Å². The molecule has 3 aromatic rings. The second kappa shape index (κ2) is 6.84. The lowest BCUT2D eigenvalue weighted by molar-refractivity contribution is 0.0905. The van der Waals surface area contributed by atoms with E-state index in [4.69, 9.17) is 9.47 Å². The number of hydrogen-bond acceptors (Lipinski definition) is 5. The van der Waals surface area contributed by atoms with Gasteiger partial charge in [0.2, 0.25) is 0 Å². The molecule has 6 nitrogen and oxygen atoms in total. The number of carbonyl (C=O) groups excluding carboxylic acids is 1. The van der Waals surface area contributed by atoms with E-state index in [1.807, 2.05) is 41.8 Å². The topological polar surface area (TPSA) is 65.4 Å². The lowest BCUT2D eigenvalue weighted by atomic mass is 10.0. The number of nitrogens with zero attached hydrogens (tertiary/aromatic N) is 2. The predicted molar refractivity (Wildman–Crippen MR) is 100.0 cm³/mol. The van der Waals surface area contributed by atoms with Gasteiger partial charge in [0.05, 0.1) is 18.0 Å². The highest BCUT2D eigenvalue weighted by Gasteiger charge is 2.25. The molecule has 26 heavy (non-hydrogen) atoms. The number of nitrogens with one attached hydrogen (secondary N) is 1. The first-order chi connectivity index (χ1) is 12.7. The van der Waals surface area contributed by atoms with Crippen molar-refractivity contribution in [2.24, 2.45) is 7.05 Å². The number of aryl methyl sites for hydroxylation is 1. The maximum absolute atomic E-state index is 12.7. The van der Waals surface area contributed by atoms with Gasteiger partial charge in [-0.3, -0.25) is 9.48 Å². The van der Waals surface area contributed by atoms with E-state index in [1.165, 1.54) is 0 Å². The molecule has 0 saturated carbocycles. The number of rotatable bonds is 4. The van der Waals surface area contributed by atoms with Crippen LogP contribution in [0, 0.1) is 0 Å². The zero-order chi connectivity index (χ0) is 18.1. The van der Waals surface area contributed by atoms with E-state index in [0.29, 0.717) is 18.7 Å². The Morgan fingerprint density at radius 1 is 1.38 bits per heavy atom. The van der Waals surface area contributed by atoms with E-state index in [1.54, 1.807) is 30.2 Å². The third kappa shape index (κ3) is 3.06. The Hall–Kier alpha value is -2.80. The SMILES string of the molecule is COc1cccc2c1OCC(NC(=O)c1cc(-c3cccs3)nn1C)C2. The molecule has 0 fully saturated rings. The summed E-state index contributed by atoms with van der Waals surface area (Å²) in [6, 6.07) is 11.5. The van der Waals surface area contributed by atoms with Crippen LogP contribution in [0.5, 0.6) is 11.5 Å². The first-order valence-corrected chi connectivity index (χ1v) is 9.21. The third-order valence-electron chi connectivity index (χ3n) is 4.40. The Bertz CT molecular complexity index is 934. The largest absolute Gasteiger partial charge is 0.493 e. The van der Waals surface area contributed by atoms with Crippen molar-refractivity contribution in [3.63, 3.8) is 0 Å². The highest BCUT2D eigenvalue weighted by atomic mass is 32.1. The Morgan fingerprint density at radius 2 is 2.27 bits per heavy atom. The summed E-state index contributed by atoms with van der Waals surface area (Å²) in [4.78, 5) is 13.7. The molecule has 1 aliphatic heterocycles. The number of amides is 1. The molecule has 0 saturated heterocycles. The molecule has 1 aromatic carbocycles. The quantitative estimate of drug-likeness (QED) is 0.768. The zero-order valence-corrected chi connectivity index (χ0v) is 15.4. The van der Waals surface area contributed by atoms with Crippen LogP contribution in [-0.2, 0) is 13.5 Å². The van der Waals surface area contributed by atoms with Crippen LogP contribution in [-0.4, -0.2) is 35.4 Å². The van der Waals surface area contributed by atoms with Gasteiger partial charge in [0.15, 0.2) is 11.5 Å². The number of aromatic nitrogens is 2. The molecule has 2 aromatic heterocycles. The summed E-state index contributed by atoms with van der Waals surface area (Å²) in [7, 11) is 3.41. The van der Waals surface area contributed by atoms with Gasteiger partial charge in [-0.2, -0.15) is 5.10 Å². The van der Waals surface area contributed by atoms with Gasteiger partial charge in [-0.25, -0.2) is 0 Å². The first kappa shape index (κ1) is 16.7. The molecule has 1 N–H and O–H groups in total. The monoisotopic (exact) mass is 369 g/mol. The number of ether oxygens (including phenoxy) is 2. The van der Waals surface area contributed by atoms with Crippen molar-refractivity contribution in [1.29, 1.82) is 0 Å². The van der Waals surface area contributed by atoms with E-state index < -0.39 is 0 Å². The van der Waals surface area contributed by atoms with Crippen LogP contribution in [0.25, 0.3) is 10.6 Å². The normalized spacial score (nSPS) is 15.8. The van der Waals surface area contributed by atoms with Gasteiger partial charge < -0.3 is 14.8 Å². The Balaban J connectivity index is 1.49. The molecule has 1 amide bonds. The average Bonchev–Trinajstić information content (AvgIpc) is 3.30. The number of para-hydroxylation sites is 1. The van der Waals surface area contributed by atoms with Gasteiger partial charge in [-0.15, -0.1) is 11.3 Å². The summed E-state index contributed by atoms with van der Waals surface area (Å²) in [6.07, 6.45) is 0.702. The van der Waals surface area contributed by atoms with Gasteiger partial charge in [0.25, 0.3) is 5.91 Å². The molecule has 0 aliphatic carbocycles. The van der Waals surface area contributed by atoms with Crippen LogP contribution in [0.1, 0.15) is 16.1 Å². The fourth-order valence-corrected chi connectivity index (χ4v) is 3.81. The van der Waals surface area contributed by atoms with Crippen LogP contribution in [0.3, 0.4) is 0 Å². The number of methoxy groups -OCH3 is 1. The second-order valence-corrected chi connectivity index (χ2v) is 7.10. The minimum absolute atomic E-state index is 0.0952. The minimum atomic E-state index is -0.150. The van der Waals surface area contributed by atoms with E-state index in [9.17, 15) is 4.79 Å². The lowest BCUT2D eigenvalue weighted by Crippen LogP contribution is -2.43. The zero-order valence-electron chi connectivity index (χ0n) is 14.6. The van der Waals surface area contributed by atoms with Crippen LogP contribution in [0.4, 0.5) is 0 Å². The predicted octanol–water partition coefficient (Wildman–Crippen LogP) is 2.89. The van der Waals surface area contributed by atoms with Crippen molar-refractivity contribution in [3.05, 3.63) is 53.0 Å². The van der Waals surface area contributed by atoms with E-state index >= 15 is 0 Å². The van der Waals surface area contributed by atoms with Crippen LogP contribution in [0.2, 0.25) is 0 Å². The van der Waals surface area contributed by atoms with Crippen molar-refractivity contribution < 1.29 is 14.3 Å². The summed E-state index contributed by atoms with van der Waals surface area (Å²) in [6.45, 7) is 0.411. The Kier molecular flexibility index (Phi) is 4.38. The number of fused-ring (bicyclic) bond motifs is 1. The van der Waals surface area contributed by atoms with Crippen LogP contribution >= 0.6 is 11.3 Å². The van der Waals surface area contributed by atoms with E-state index in [0.717, 1.165) is 27.6 Å². The minimum Gasteiger partial charge on any atom is -0.493 e. The standard InChI is InChI=1S/C19H19N3O3S/c1-22-15(10-14(21-22)17-7-4-8-26-17)19(23)20-13-9-12-5-3-6-16(24-2)18(12)25-11-13/h3-8,10,13H,9,11H2,1-2H3,(H,20,23). The van der Waals surface area contributed by atoms with E-state index in [-0.39, 0.29) is 11.9 Å². The summed E-state index contributed by atoms with van der Waals surface area (Å²) < 4.78 is 12.8. The molecule has 1 aliphatic rings. The highest BCUT2D eigenvalue weighted by Crippen LogP contribution is 2.34. The molecule has 0 bridgehead atoms. The summed E-state index contributed by atoms with van der Waals surface area (Å²) in [5, 5.41) is 9.49. The maximum Gasteiger partial charge on any atom is 0.269 e. The van der Waals surface area contributed by atoms with Crippen LogP contribution in [0.15, 0.2) is 41.8 Å². The van der Waals surface area contributed by atoms with Crippen molar-refractivity contribution in [3.8, 4) is 22.1 Å². The number of benzene rings is 1. The molecule has 0 spiro atoms. The summed E-state index contributed by atoms with van der Waals surface area (Å²) in [5.41, 5.74) is 2.37. The highest BCUT2D eigenvalue weighted by molar-refractivity contribution is 7.13. The smallest absolute Gasteiger partial charge is 0.269 e. The van der Waals surface area contributed by atoms with Gasteiger partial charge >= 0.3 is 0 Å². The van der Waals surface area contributed by atoms with Gasteiger partial charge in [-0.1, -0.05) is 18.2 Å². The third-order valence-corrected chi connectivity index (χ3v) is 5.29. The van der Waals surface area contributed by atoms with E-state index in [2.05, 4.69) is 10.4 Å². The molecule has 0 radical (unpaired) electrons. The Morgan fingerprint density at radius 3 is 3.04 bits per heavy atom. The first-order valence-electron chi connectivity index (χ1n) is 8.33. The number of hydrogen-bond donors (Lipinski definition) is 1. The number of thiophene rings is 1. The Labute approximate surface area is 155 Å². The molecule has 1 unspecified atom stereocenters. The van der Waals surface area contributed by atoms with Crippen molar-refractivity contribution in [2.75, 3.05) is 13.7 Å². The molecule has 3 heterocycles. The number of carbonyl (C=O) groups is 1. The van der Waals surface area contributed by atoms with Gasteiger partial charge in [0, 0.05) is 12.6 Å². The summed E-state index contributed by atoms with van der Waals surface area (Å²) >= 11 is 1.60. The van der Waals surface area contributed by atoms with Gasteiger partial charge in [0.1, 0.15) is 18.0 Å². The maximum atomic E-state index is 12.7. The molecule has 7 heteroatoms. The second-order valence-electron chi connectivity index (χ2n) is 6.15. The fourth-order valence-electron chi connectivity index (χ4n) is 3.13. The molecular weight excluding hydrogens is 350 g/mol. The average molecular weight is 369 g/mol. The van der Waals surface area contributed by atoms with Gasteiger partial charge in [-0.05, 0) is 30.0 Å². The summed E-state index contributed by atoms with van der Waals surface area (Å²) in [5.74, 6) is 1.34. The molecule has 1 atom stereocenters.